The third-order valence-electron chi connectivity index (χ3n) is 3.02. The monoisotopic (exact) mass is 273 g/mol. The molecule has 1 N–H and O–H groups in total. The van der Waals surface area contributed by atoms with Gasteiger partial charge in [-0.3, -0.25) is 4.79 Å². The molecule has 102 valence electrons. The van der Waals surface area contributed by atoms with Crippen molar-refractivity contribution in [2.75, 3.05) is 6.54 Å². The number of carboxylic acids is 1. The van der Waals surface area contributed by atoms with Crippen molar-refractivity contribution in [2.24, 2.45) is 0 Å². The highest BCUT2D eigenvalue weighted by molar-refractivity contribution is 5.88. The van der Waals surface area contributed by atoms with E-state index in [-0.39, 0.29) is 18.5 Å². The second kappa shape index (κ2) is 4.56. The fraction of sp³-hybridized carbons (Fsp3) is 0.333. The Labute approximate surface area is 106 Å². The molecule has 7 heteroatoms. The van der Waals surface area contributed by atoms with Crippen molar-refractivity contribution in [1.82, 2.24) is 4.90 Å². The van der Waals surface area contributed by atoms with Crippen molar-refractivity contribution in [1.29, 1.82) is 0 Å². The number of rotatable bonds is 1. The zero-order valence-electron chi connectivity index (χ0n) is 9.65. The van der Waals surface area contributed by atoms with Gasteiger partial charge in [0.1, 0.15) is 0 Å². The average molecular weight is 273 g/mol. The van der Waals surface area contributed by atoms with Crippen LogP contribution in [0.1, 0.15) is 17.2 Å². The first-order valence-corrected chi connectivity index (χ1v) is 5.51. The van der Waals surface area contributed by atoms with Gasteiger partial charge in [-0.15, -0.1) is 0 Å². The highest BCUT2D eigenvalue weighted by atomic mass is 19.4. The largest absolute Gasteiger partial charge is 0.479 e. The van der Waals surface area contributed by atoms with E-state index in [1.807, 2.05) is 0 Å². The van der Waals surface area contributed by atoms with Gasteiger partial charge in [0.25, 0.3) is 0 Å². The Hall–Kier alpha value is -2.05. The number of hydrogen-bond acceptors (Lipinski definition) is 2. The summed E-state index contributed by atoms with van der Waals surface area (Å²) in [5, 5.41) is 9.11. The summed E-state index contributed by atoms with van der Waals surface area (Å²) in [4.78, 5) is 22.8. The molecule has 0 aliphatic carbocycles. The number of fused-ring (bicyclic) bond motifs is 1. The number of amides is 1. The lowest BCUT2D eigenvalue weighted by Gasteiger charge is -2.34. The van der Waals surface area contributed by atoms with Crippen LogP contribution in [0.15, 0.2) is 24.3 Å². The fourth-order valence-corrected chi connectivity index (χ4v) is 2.21. The maximum Gasteiger partial charge on any atom is 0.471 e. The molecule has 0 radical (unpaired) electrons. The van der Waals surface area contributed by atoms with Gasteiger partial charge in [0.2, 0.25) is 0 Å². The molecular formula is C12H10F3NO3. The van der Waals surface area contributed by atoms with E-state index >= 15 is 0 Å². The molecule has 0 saturated heterocycles. The molecule has 0 unspecified atom stereocenters. The van der Waals surface area contributed by atoms with Crippen LogP contribution < -0.4 is 0 Å². The standard InChI is InChI=1S/C12H10F3NO3/c13-12(14,15)11(19)16-6-5-7-3-1-2-4-8(7)9(16)10(17)18/h1-4,9H,5-6H2,(H,17,18)/t9-/m1/s1. The van der Waals surface area contributed by atoms with Crippen LogP contribution in [0.4, 0.5) is 13.2 Å². The topological polar surface area (TPSA) is 57.6 Å². The van der Waals surface area contributed by atoms with E-state index in [0.29, 0.717) is 10.5 Å². The molecule has 0 spiro atoms. The summed E-state index contributed by atoms with van der Waals surface area (Å²) in [6.07, 6.45) is -4.86. The van der Waals surface area contributed by atoms with Crippen LogP contribution in [-0.4, -0.2) is 34.6 Å². The lowest BCUT2D eigenvalue weighted by molar-refractivity contribution is -0.190. The molecule has 1 amide bonds. The summed E-state index contributed by atoms with van der Waals surface area (Å²) < 4.78 is 37.4. The van der Waals surface area contributed by atoms with Gasteiger partial charge in [-0.05, 0) is 17.5 Å². The Kier molecular flexibility index (Phi) is 3.21. The van der Waals surface area contributed by atoms with Crippen molar-refractivity contribution < 1.29 is 27.9 Å². The van der Waals surface area contributed by atoms with Gasteiger partial charge in [-0.2, -0.15) is 13.2 Å². The molecule has 1 aromatic carbocycles. The summed E-state index contributed by atoms with van der Waals surface area (Å²) in [6.45, 7) is -0.258. The highest BCUT2D eigenvalue weighted by Crippen LogP contribution is 2.33. The predicted octanol–water partition coefficient (Wildman–Crippen LogP) is 1.76. The Balaban J connectivity index is 2.44. The minimum atomic E-state index is -5.07. The molecule has 4 nitrogen and oxygen atoms in total. The number of halogens is 3. The van der Waals surface area contributed by atoms with Crippen molar-refractivity contribution in [3.63, 3.8) is 0 Å². The lowest BCUT2D eigenvalue weighted by Crippen LogP contribution is -2.48. The number of carbonyl (C=O) groups is 2. The number of aliphatic carboxylic acids is 1. The van der Waals surface area contributed by atoms with Gasteiger partial charge in [0, 0.05) is 6.54 Å². The molecule has 0 bridgehead atoms. The fourth-order valence-electron chi connectivity index (χ4n) is 2.21. The van der Waals surface area contributed by atoms with E-state index in [1.54, 1.807) is 12.1 Å². The Morgan fingerprint density at radius 3 is 2.47 bits per heavy atom. The number of hydrogen-bond donors (Lipinski definition) is 1. The van der Waals surface area contributed by atoms with E-state index in [0.717, 1.165) is 0 Å². The average Bonchev–Trinajstić information content (AvgIpc) is 2.35. The molecule has 1 aliphatic rings. The Morgan fingerprint density at radius 1 is 1.26 bits per heavy atom. The molecule has 1 aromatic rings. The molecule has 19 heavy (non-hydrogen) atoms. The molecule has 0 fully saturated rings. The smallest absolute Gasteiger partial charge is 0.471 e. The molecule has 1 heterocycles. The van der Waals surface area contributed by atoms with Crippen LogP contribution in [0.25, 0.3) is 0 Å². The number of alkyl halides is 3. The molecule has 0 saturated carbocycles. The summed E-state index contributed by atoms with van der Waals surface area (Å²) in [7, 11) is 0. The van der Waals surface area contributed by atoms with Gasteiger partial charge >= 0.3 is 18.1 Å². The predicted molar refractivity (Wildman–Crippen MR) is 58.3 cm³/mol. The first-order valence-electron chi connectivity index (χ1n) is 5.51. The highest BCUT2D eigenvalue weighted by Gasteiger charge is 2.48. The van der Waals surface area contributed by atoms with Crippen LogP contribution in [0.5, 0.6) is 0 Å². The van der Waals surface area contributed by atoms with Gasteiger partial charge < -0.3 is 10.0 Å². The van der Waals surface area contributed by atoms with E-state index < -0.39 is 24.1 Å². The summed E-state index contributed by atoms with van der Waals surface area (Å²) in [5.41, 5.74) is 0.889. The Morgan fingerprint density at radius 2 is 1.89 bits per heavy atom. The van der Waals surface area contributed by atoms with E-state index in [9.17, 15) is 22.8 Å². The van der Waals surface area contributed by atoms with E-state index in [1.165, 1.54) is 12.1 Å². The van der Waals surface area contributed by atoms with Gasteiger partial charge in [-0.1, -0.05) is 24.3 Å². The molecule has 2 rings (SSSR count). The van der Waals surface area contributed by atoms with Gasteiger partial charge in [0.05, 0.1) is 0 Å². The maximum absolute atomic E-state index is 12.5. The van der Waals surface area contributed by atoms with Crippen LogP contribution in [0, 0.1) is 0 Å². The first-order chi connectivity index (χ1) is 8.82. The third-order valence-corrected chi connectivity index (χ3v) is 3.02. The van der Waals surface area contributed by atoms with Crippen molar-refractivity contribution in [2.45, 2.75) is 18.6 Å². The van der Waals surface area contributed by atoms with Crippen molar-refractivity contribution in [3.8, 4) is 0 Å². The lowest BCUT2D eigenvalue weighted by atomic mass is 9.92. The van der Waals surface area contributed by atoms with Gasteiger partial charge in [-0.25, -0.2) is 4.79 Å². The van der Waals surface area contributed by atoms with Crippen LogP contribution in [0.3, 0.4) is 0 Å². The van der Waals surface area contributed by atoms with E-state index in [2.05, 4.69) is 0 Å². The van der Waals surface area contributed by atoms with Crippen LogP contribution in [0.2, 0.25) is 0 Å². The van der Waals surface area contributed by atoms with Crippen LogP contribution >= 0.6 is 0 Å². The number of nitrogens with zero attached hydrogens (tertiary/aromatic N) is 1. The molecule has 0 aromatic heterocycles. The quantitative estimate of drug-likeness (QED) is 0.848. The number of carboxylic acid groups (broad SMARTS) is 1. The zero-order chi connectivity index (χ0) is 14.2. The summed E-state index contributed by atoms with van der Waals surface area (Å²) in [5.74, 6) is -3.58. The second-order valence-corrected chi connectivity index (χ2v) is 4.19. The molecular weight excluding hydrogens is 263 g/mol. The van der Waals surface area contributed by atoms with Crippen molar-refractivity contribution in [3.05, 3.63) is 35.4 Å². The summed E-state index contributed by atoms with van der Waals surface area (Å²) >= 11 is 0. The minimum Gasteiger partial charge on any atom is -0.479 e. The number of benzene rings is 1. The second-order valence-electron chi connectivity index (χ2n) is 4.19. The minimum absolute atomic E-state index is 0.210. The van der Waals surface area contributed by atoms with Crippen molar-refractivity contribution >= 4 is 11.9 Å². The normalized spacial score (nSPS) is 18.9. The summed E-state index contributed by atoms with van der Waals surface area (Å²) in [6, 6.07) is 4.72. The van der Waals surface area contributed by atoms with E-state index in [4.69, 9.17) is 5.11 Å². The van der Waals surface area contributed by atoms with Crippen LogP contribution in [-0.2, 0) is 16.0 Å². The Bertz CT molecular complexity index is 527. The third kappa shape index (κ3) is 2.40. The number of carbonyl (C=O) groups excluding carboxylic acids is 1. The zero-order valence-corrected chi connectivity index (χ0v) is 9.65. The maximum atomic E-state index is 12.5. The first kappa shape index (κ1) is 13.4. The molecule has 1 atom stereocenters. The SMILES string of the molecule is O=C(O)[C@H]1c2ccccc2CCN1C(=O)C(F)(F)F. The van der Waals surface area contributed by atoms with Gasteiger partial charge in [0.15, 0.2) is 6.04 Å². The molecule has 1 aliphatic heterocycles.